The third kappa shape index (κ3) is 1.58. The molecule has 0 radical (unpaired) electrons. The van der Waals surface area contributed by atoms with Gasteiger partial charge in [0.25, 0.3) is 0 Å². The van der Waals surface area contributed by atoms with Gasteiger partial charge in [-0.05, 0) is 12.1 Å². The summed E-state index contributed by atoms with van der Waals surface area (Å²) in [5.74, 6) is -0.169. The van der Waals surface area contributed by atoms with E-state index in [9.17, 15) is 4.39 Å². The van der Waals surface area contributed by atoms with Gasteiger partial charge in [0.05, 0.1) is 12.6 Å². The molecule has 0 aliphatic heterocycles. The van der Waals surface area contributed by atoms with Crippen LogP contribution in [0.5, 0.6) is 5.75 Å². The van der Waals surface area contributed by atoms with Gasteiger partial charge < -0.3 is 10.1 Å². The van der Waals surface area contributed by atoms with E-state index in [0.717, 1.165) is 11.1 Å². The number of hydrogen-bond donors (Lipinski definition) is 1. The zero-order chi connectivity index (χ0) is 10.8. The van der Waals surface area contributed by atoms with Crippen molar-refractivity contribution in [2.75, 3.05) is 19.5 Å². The second-order valence-electron chi connectivity index (χ2n) is 3.11. The monoisotopic (exact) mass is 206 g/mol. The van der Waals surface area contributed by atoms with Crippen LogP contribution < -0.4 is 10.1 Å². The number of benzene rings is 1. The molecule has 0 amide bonds. The van der Waals surface area contributed by atoms with Crippen LogP contribution in [-0.2, 0) is 0 Å². The van der Waals surface area contributed by atoms with Gasteiger partial charge in [-0.3, -0.25) is 4.98 Å². The lowest BCUT2D eigenvalue weighted by atomic mass is 10.1. The van der Waals surface area contributed by atoms with Gasteiger partial charge >= 0.3 is 0 Å². The summed E-state index contributed by atoms with van der Waals surface area (Å²) in [6.07, 6.45) is 1.64. The molecule has 2 aromatic rings. The lowest BCUT2D eigenvalue weighted by Gasteiger charge is -2.07. The van der Waals surface area contributed by atoms with Crippen molar-refractivity contribution in [3.8, 4) is 5.75 Å². The van der Waals surface area contributed by atoms with Crippen molar-refractivity contribution in [1.29, 1.82) is 0 Å². The quantitative estimate of drug-likeness (QED) is 0.819. The first-order valence-electron chi connectivity index (χ1n) is 4.56. The topological polar surface area (TPSA) is 34.2 Å². The molecule has 78 valence electrons. The number of nitrogens with zero attached hydrogens (tertiary/aromatic N) is 1. The molecule has 1 aromatic heterocycles. The van der Waals surface area contributed by atoms with Crippen LogP contribution in [0, 0.1) is 5.82 Å². The van der Waals surface area contributed by atoms with E-state index in [1.165, 1.54) is 13.2 Å². The molecular formula is C11H11FN2O. The van der Waals surface area contributed by atoms with Gasteiger partial charge in [-0.25, -0.2) is 4.39 Å². The molecule has 0 atom stereocenters. The van der Waals surface area contributed by atoms with Crippen LogP contribution in [0.4, 0.5) is 10.1 Å². The average Bonchev–Trinajstić information content (AvgIpc) is 2.27. The maximum atomic E-state index is 13.4. The molecule has 0 saturated carbocycles. The molecule has 0 aliphatic rings. The smallest absolute Gasteiger partial charge is 0.167 e. The van der Waals surface area contributed by atoms with Crippen LogP contribution in [0.2, 0.25) is 0 Å². The first kappa shape index (κ1) is 9.71. The first-order chi connectivity index (χ1) is 7.26. The van der Waals surface area contributed by atoms with E-state index in [2.05, 4.69) is 10.3 Å². The molecular weight excluding hydrogens is 195 g/mol. The van der Waals surface area contributed by atoms with Crippen LogP contribution >= 0.6 is 0 Å². The predicted molar refractivity (Wildman–Crippen MR) is 57.8 cm³/mol. The van der Waals surface area contributed by atoms with E-state index < -0.39 is 5.82 Å². The minimum Gasteiger partial charge on any atom is -0.494 e. The number of pyridine rings is 1. The fourth-order valence-corrected chi connectivity index (χ4v) is 1.52. The number of nitrogens with one attached hydrogen (secondary N) is 1. The minimum atomic E-state index is -0.397. The van der Waals surface area contributed by atoms with Crippen molar-refractivity contribution in [2.45, 2.75) is 0 Å². The van der Waals surface area contributed by atoms with E-state index in [1.54, 1.807) is 12.3 Å². The van der Waals surface area contributed by atoms with Gasteiger partial charge in [0.15, 0.2) is 11.6 Å². The van der Waals surface area contributed by atoms with E-state index in [0.29, 0.717) is 5.52 Å². The highest BCUT2D eigenvalue weighted by Gasteiger charge is 2.07. The second-order valence-corrected chi connectivity index (χ2v) is 3.11. The fourth-order valence-electron chi connectivity index (χ4n) is 1.52. The molecule has 0 saturated heterocycles. The third-order valence-corrected chi connectivity index (χ3v) is 2.28. The number of rotatable bonds is 2. The summed E-state index contributed by atoms with van der Waals surface area (Å²) in [6.45, 7) is 0. The van der Waals surface area contributed by atoms with E-state index in [-0.39, 0.29) is 5.75 Å². The van der Waals surface area contributed by atoms with Crippen LogP contribution in [-0.4, -0.2) is 19.1 Å². The molecule has 0 aliphatic carbocycles. The van der Waals surface area contributed by atoms with Gasteiger partial charge in [-0.1, -0.05) is 0 Å². The van der Waals surface area contributed by atoms with E-state index >= 15 is 0 Å². The number of hydrogen-bond acceptors (Lipinski definition) is 3. The standard InChI is InChI=1S/C11H11FN2O/c1-13-9-3-4-14-10-6-8(12)11(15-2)5-7(9)10/h3-6H,1-2H3,(H,13,14). The summed E-state index contributed by atoms with van der Waals surface area (Å²) in [5, 5.41) is 3.87. The Morgan fingerprint density at radius 3 is 2.87 bits per heavy atom. The van der Waals surface area contributed by atoms with Crippen molar-refractivity contribution in [3.63, 3.8) is 0 Å². The lowest BCUT2D eigenvalue weighted by molar-refractivity contribution is 0.387. The van der Waals surface area contributed by atoms with Crippen LogP contribution in [0.3, 0.4) is 0 Å². The summed E-state index contributed by atoms with van der Waals surface area (Å²) < 4.78 is 18.3. The third-order valence-electron chi connectivity index (χ3n) is 2.28. The van der Waals surface area contributed by atoms with Crippen molar-refractivity contribution in [2.24, 2.45) is 0 Å². The molecule has 1 heterocycles. The first-order valence-corrected chi connectivity index (χ1v) is 4.56. The molecule has 1 aromatic carbocycles. The maximum absolute atomic E-state index is 13.4. The Labute approximate surface area is 86.9 Å². The molecule has 0 bridgehead atoms. The Morgan fingerprint density at radius 1 is 1.40 bits per heavy atom. The van der Waals surface area contributed by atoms with Crippen molar-refractivity contribution < 1.29 is 9.13 Å². The summed E-state index contributed by atoms with van der Waals surface area (Å²) in [6, 6.07) is 4.85. The van der Waals surface area contributed by atoms with Gasteiger partial charge in [0.2, 0.25) is 0 Å². The van der Waals surface area contributed by atoms with Gasteiger partial charge in [-0.2, -0.15) is 0 Å². The molecule has 0 spiro atoms. The zero-order valence-corrected chi connectivity index (χ0v) is 8.54. The SMILES string of the molecule is CNc1ccnc2cc(F)c(OC)cc12. The normalized spacial score (nSPS) is 10.3. The molecule has 3 nitrogen and oxygen atoms in total. The molecule has 0 fully saturated rings. The summed E-state index contributed by atoms with van der Waals surface area (Å²) in [7, 11) is 3.25. The van der Waals surface area contributed by atoms with Crippen LogP contribution in [0.1, 0.15) is 0 Å². The van der Waals surface area contributed by atoms with Crippen molar-refractivity contribution in [3.05, 3.63) is 30.2 Å². The Balaban J connectivity index is 2.76. The largest absolute Gasteiger partial charge is 0.494 e. The van der Waals surface area contributed by atoms with Gasteiger partial charge in [0, 0.05) is 30.4 Å². The number of methoxy groups -OCH3 is 1. The highest BCUT2D eigenvalue weighted by molar-refractivity contribution is 5.92. The Bertz CT molecular complexity index is 499. The number of ether oxygens (including phenoxy) is 1. The Kier molecular flexibility index (Phi) is 2.41. The molecule has 2 rings (SSSR count). The molecule has 1 N–H and O–H groups in total. The van der Waals surface area contributed by atoms with E-state index in [1.807, 2.05) is 13.1 Å². The van der Waals surface area contributed by atoms with E-state index in [4.69, 9.17) is 4.74 Å². The minimum absolute atomic E-state index is 0.229. The number of anilines is 1. The summed E-state index contributed by atoms with van der Waals surface area (Å²) in [4.78, 5) is 4.09. The number of fused-ring (bicyclic) bond motifs is 1. The number of aromatic nitrogens is 1. The van der Waals surface area contributed by atoms with Crippen molar-refractivity contribution in [1.82, 2.24) is 4.98 Å². The van der Waals surface area contributed by atoms with Gasteiger partial charge in [0.1, 0.15) is 0 Å². The molecule has 15 heavy (non-hydrogen) atoms. The number of halogens is 1. The lowest BCUT2D eigenvalue weighted by Crippen LogP contribution is -1.94. The zero-order valence-electron chi connectivity index (χ0n) is 8.54. The second kappa shape index (κ2) is 3.73. The molecule has 0 unspecified atom stereocenters. The van der Waals surface area contributed by atoms with Crippen LogP contribution in [0.15, 0.2) is 24.4 Å². The average molecular weight is 206 g/mol. The maximum Gasteiger partial charge on any atom is 0.167 e. The summed E-state index contributed by atoms with van der Waals surface area (Å²) >= 11 is 0. The van der Waals surface area contributed by atoms with Crippen LogP contribution in [0.25, 0.3) is 10.9 Å². The highest BCUT2D eigenvalue weighted by atomic mass is 19.1. The Morgan fingerprint density at radius 2 is 2.20 bits per heavy atom. The highest BCUT2D eigenvalue weighted by Crippen LogP contribution is 2.27. The molecule has 4 heteroatoms. The predicted octanol–water partition coefficient (Wildman–Crippen LogP) is 2.42. The Hall–Kier alpha value is -1.84. The van der Waals surface area contributed by atoms with Crippen molar-refractivity contribution >= 4 is 16.6 Å². The fraction of sp³-hybridized carbons (Fsp3) is 0.182. The van der Waals surface area contributed by atoms with Gasteiger partial charge in [-0.15, -0.1) is 0 Å². The summed E-state index contributed by atoms with van der Waals surface area (Å²) in [5.41, 5.74) is 1.51.